The third-order valence-corrected chi connectivity index (χ3v) is 7.75. The van der Waals surface area contributed by atoms with E-state index in [0.717, 1.165) is 49.0 Å². The maximum Gasteiger partial charge on any atom is 0.119 e. The number of phenolic OH excluding ortho intramolecular Hbond substituents is 1. The van der Waals surface area contributed by atoms with Gasteiger partial charge in [0.05, 0.1) is 0 Å². The zero-order chi connectivity index (χ0) is 21.0. The molecule has 0 radical (unpaired) electrons. The van der Waals surface area contributed by atoms with Crippen molar-refractivity contribution in [2.45, 2.75) is 103 Å². The molecule has 2 bridgehead atoms. The Morgan fingerprint density at radius 1 is 0.966 bits per heavy atom. The highest BCUT2D eigenvalue weighted by molar-refractivity contribution is 5.42. The summed E-state index contributed by atoms with van der Waals surface area (Å²) in [7, 11) is 0. The van der Waals surface area contributed by atoms with Crippen LogP contribution in [0.1, 0.15) is 109 Å². The number of fused-ring (bicyclic) bond motifs is 2. The smallest absolute Gasteiger partial charge is 0.119 e. The fourth-order valence-electron chi connectivity index (χ4n) is 7.02. The predicted molar refractivity (Wildman–Crippen MR) is 122 cm³/mol. The van der Waals surface area contributed by atoms with Gasteiger partial charge < -0.3 is 10.2 Å². The van der Waals surface area contributed by atoms with Crippen LogP contribution in [0, 0.1) is 23.7 Å². The van der Waals surface area contributed by atoms with Gasteiger partial charge in [-0.3, -0.25) is 0 Å². The van der Waals surface area contributed by atoms with Gasteiger partial charge in [0.2, 0.25) is 0 Å². The van der Waals surface area contributed by atoms with Gasteiger partial charge in [-0.25, -0.2) is 0 Å². The third-order valence-electron chi connectivity index (χ3n) is 7.75. The van der Waals surface area contributed by atoms with Crippen LogP contribution < -0.4 is 0 Å². The lowest BCUT2D eigenvalue weighted by Crippen LogP contribution is -2.42. The SMILES string of the molecule is CC1CC2CC(C)CC(c3ccc(C4CCCC(CO)C4)c(O)c3)(C1)C2.CCC. The molecule has 4 rings (SSSR count). The summed E-state index contributed by atoms with van der Waals surface area (Å²) in [5.74, 6) is 3.79. The van der Waals surface area contributed by atoms with Crippen LogP contribution in [0.5, 0.6) is 5.75 Å². The molecule has 4 unspecified atom stereocenters. The first-order chi connectivity index (χ1) is 13.9. The van der Waals surface area contributed by atoms with Crippen molar-refractivity contribution in [3.05, 3.63) is 29.3 Å². The summed E-state index contributed by atoms with van der Waals surface area (Å²) in [6.07, 6.45) is 12.4. The molecular formula is C27H44O2. The summed E-state index contributed by atoms with van der Waals surface area (Å²) < 4.78 is 0. The van der Waals surface area contributed by atoms with Gasteiger partial charge in [-0.15, -0.1) is 0 Å². The average Bonchev–Trinajstić information content (AvgIpc) is 2.67. The second-order valence-corrected chi connectivity index (χ2v) is 10.8. The van der Waals surface area contributed by atoms with Gasteiger partial charge in [-0.2, -0.15) is 0 Å². The van der Waals surface area contributed by atoms with E-state index >= 15 is 0 Å². The van der Waals surface area contributed by atoms with Crippen molar-refractivity contribution in [3.8, 4) is 5.75 Å². The number of hydrogen-bond donors (Lipinski definition) is 2. The Balaban J connectivity index is 0.000000755. The Labute approximate surface area is 179 Å². The molecule has 1 aromatic rings. The molecular weight excluding hydrogens is 356 g/mol. The third kappa shape index (κ3) is 5.19. The number of hydrogen-bond acceptors (Lipinski definition) is 2. The number of aliphatic hydroxyl groups is 1. The molecule has 0 spiro atoms. The minimum atomic E-state index is 0.287. The summed E-state index contributed by atoms with van der Waals surface area (Å²) >= 11 is 0. The Bertz CT molecular complexity index is 632. The molecule has 0 saturated heterocycles. The molecule has 0 amide bonds. The molecule has 29 heavy (non-hydrogen) atoms. The van der Waals surface area contributed by atoms with Crippen LogP contribution in [0.3, 0.4) is 0 Å². The molecule has 3 aliphatic carbocycles. The van der Waals surface area contributed by atoms with Crippen molar-refractivity contribution in [3.63, 3.8) is 0 Å². The maximum atomic E-state index is 10.9. The molecule has 4 atom stereocenters. The Morgan fingerprint density at radius 3 is 2.21 bits per heavy atom. The van der Waals surface area contributed by atoms with Gasteiger partial charge in [0.1, 0.15) is 5.75 Å². The number of aromatic hydroxyl groups is 1. The standard InChI is InChI=1S/C24H36O2.C3H8/c1-16-8-19-9-17(2)13-24(12-16,14-19)21-6-7-22(23(26)11-21)20-5-3-4-18(10-20)15-25;1-3-2/h6-7,11,16-20,25-26H,3-5,8-10,12-15H2,1-2H3;3H2,1-2H3. The molecule has 0 heterocycles. The quantitative estimate of drug-likeness (QED) is 0.564. The zero-order valence-electron chi connectivity index (χ0n) is 19.3. The van der Waals surface area contributed by atoms with Crippen LogP contribution in [0.15, 0.2) is 18.2 Å². The summed E-state index contributed by atoms with van der Waals surface area (Å²) in [6, 6.07) is 6.67. The first-order valence-electron chi connectivity index (χ1n) is 12.3. The molecule has 2 N–H and O–H groups in total. The maximum absolute atomic E-state index is 10.9. The lowest BCUT2D eigenvalue weighted by Gasteiger charge is -2.50. The van der Waals surface area contributed by atoms with E-state index in [-0.39, 0.29) is 12.0 Å². The van der Waals surface area contributed by atoms with E-state index in [1.165, 1.54) is 44.1 Å². The number of rotatable bonds is 3. The van der Waals surface area contributed by atoms with Gasteiger partial charge in [0.15, 0.2) is 0 Å². The summed E-state index contributed by atoms with van der Waals surface area (Å²) in [6.45, 7) is 9.37. The van der Waals surface area contributed by atoms with Gasteiger partial charge in [-0.05, 0) is 104 Å². The molecule has 2 heteroatoms. The van der Waals surface area contributed by atoms with E-state index in [1.807, 2.05) is 0 Å². The lowest BCUT2D eigenvalue weighted by molar-refractivity contribution is 0.0778. The molecule has 3 fully saturated rings. The van der Waals surface area contributed by atoms with E-state index in [2.05, 4.69) is 45.9 Å². The van der Waals surface area contributed by atoms with Crippen LogP contribution in [-0.4, -0.2) is 16.8 Å². The largest absolute Gasteiger partial charge is 0.508 e. The summed E-state index contributed by atoms with van der Waals surface area (Å²) in [4.78, 5) is 0. The van der Waals surface area contributed by atoms with E-state index in [1.54, 1.807) is 0 Å². The Kier molecular flexibility index (Phi) is 7.70. The van der Waals surface area contributed by atoms with E-state index in [4.69, 9.17) is 0 Å². The van der Waals surface area contributed by atoms with Crippen molar-refractivity contribution in [2.75, 3.05) is 6.61 Å². The highest BCUT2D eigenvalue weighted by Crippen LogP contribution is 2.54. The molecule has 1 aromatic carbocycles. The van der Waals surface area contributed by atoms with Gasteiger partial charge in [0.25, 0.3) is 0 Å². The van der Waals surface area contributed by atoms with Crippen LogP contribution in [0.2, 0.25) is 0 Å². The van der Waals surface area contributed by atoms with Crippen LogP contribution in [0.25, 0.3) is 0 Å². The normalized spacial score (nSPS) is 36.8. The summed E-state index contributed by atoms with van der Waals surface area (Å²) in [5, 5.41) is 20.4. The minimum absolute atomic E-state index is 0.287. The fraction of sp³-hybridized carbons (Fsp3) is 0.778. The fourth-order valence-corrected chi connectivity index (χ4v) is 7.02. The Hall–Kier alpha value is -1.02. The second kappa shape index (κ2) is 9.86. The van der Waals surface area contributed by atoms with Crippen LogP contribution in [-0.2, 0) is 5.41 Å². The molecule has 0 aromatic heterocycles. The van der Waals surface area contributed by atoms with Gasteiger partial charge in [-0.1, -0.05) is 52.7 Å². The number of benzene rings is 1. The van der Waals surface area contributed by atoms with Gasteiger partial charge >= 0.3 is 0 Å². The van der Waals surface area contributed by atoms with Crippen LogP contribution in [0.4, 0.5) is 0 Å². The molecule has 3 aliphatic rings. The van der Waals surface area contributed by atoms with E-state index < -0.39 is 0 Å². The van der Waals surface area contributed by atoms with Crippen molar-refractivity contribution in [2.24, 2.45) is 23.7 Å². The Morgan fingerprint density at radius 2 is 1.62 bits per heavy atom. The second-order valence-electron chi connectivity index (χ2n) is 10.8. The molecule has 2 nitrogen and oxygen atoms in total. The predicted octanol–water partition coefficient (Wildman–Crippen LogP) is 7.18. The van der Waals surface area contributed by atoms with Crippen molar-refractivity contribution >= 4 is 0 Å². The van der Waals surface area contributed by atoms with E-state index in [9.17, 15) is 10.2 Å². The number of aliphatic hydroxyl groups excluding tert-OH is 1. The van der Waals surface area contributed by atoms with Gasteiger partial charge in [0, 0.05) is 6.61 Å². The topological polar surface area (TPSA) is 40.5 Å². The lowest BCUT2D eigenvalue weighted by atomic mass is 9.54. The number of phenols is 1. The van der Waals surface area contributed by atoms with E-state index in [0.29, 0.717) is 17.6 Å². The minimum Gasteiger partial charge on any atom is -0.508 e. The molecule has 3 saturated carbocycles. The van der Waals surface area contributed by atoms with Crippen molar-refractivity contribution in [1.29, 1.82) is 0 Å². The highest BCUT2D eigenvalue weighted by Gasteiger charge is 2.45. The van der Waals surface area contributed by atoms with Crippen molar-refractivity contribution in [1.82, 2.24) is 0 Å². The zero-order valence-corrected chi connectivity index (χ0v) is 19.3. The first-order valence-corrected chi connectivity index (χ1v) is 12.3. The first kappa shape index (κ1) is 22.7. The molecule has 164 valence electrons. The molecule has 0 aliphatic heterocycles. The highest BCUT2D eigenvalue weighted by atomic mass is 16.3. The summed E-state index contributed by atoms with van der Waals surface area (Å²) in [5.41, 5.74) is 2.79. The van der Waals surface area contributed by atoms with Crippen molar-refractivity contribution < 1.29 is 10.2 Å². The monoisotopic (exact) mass is 400 g/mol. The average molecular weight is 401 g/mol. The van der Waals surface area contributed by atoms with Crippen LogP contribution >= 0.6 is 0 Å².